The number of rotatable bonds is 7. The lowest BCUT2D eigenvalue weighted by Gasteiger charge is -2.20. The summed E-state index contributed by atoms with van der Waals surface area (Å²) in [5.41, 5.74) is 1.89. The van der Waals surface area contributed by atoms with Crippen molar-refractivity contribution in [1.29, 1.82) is 0 Å². The SMILES string of the molecule is CCCCC(CC)C(=O)c1ccccc1N(C)C. The average molecular weight is 247 g/mol. The standard InChI is InChI=1S/C16H25NO/c1-5-7-10-13(6-2)16(18)14-11-8-9-12-15(14)17(3)4/h8-9,11-13H,5-7,10H2,1-4H3. The number of nitrogens with zero attached hydrogens (tertiary/aromatic N) is 1. The van der Waals surface area contributed by atoms with Gasteiger partial charge in [0.05, 0.1) is 0 Å². The molecular weight excluding hydrogens is 222 g/mol. The van der Waals surface area contributed by atoms with Crippen molar-refractivity contribution in [2.45, 2.75) is 39.5 Å². The van der Waals surface area contributed by atoms with Gasteiger partial charge >= 0.3 is 0 Å². The first-order valence-corrected chi connectivity index (χ1v) is 6.92. The fourth-order valence-electron chi connectivity index (χ4n) is 2.26. The molecule has 0 bridgehead atoms. The van der Waals surface area contributed by atoms with Gasteiger partial charge in [-0.2, -0.15) is 0 Å². The summed E-state index contributed by atoms with van der Waals surface area (Å²) in [7, 11) is 3.97. The second kappa shape index (κ2) is 7.20. The van der Waals surface area contributed by atoms with Crippen LogP contribution in [0.2, 0.25) is 0 Å². The van der Waals surface area contributed by atoms with E-state index in [1.165, 1.54) is 0 Å². The molecule has 2 heteroatoms. The summed E-state index contributed by atoms with van der Waals surface area (Å²) < 4.78 is 0. The molecule has 0 heterocycles. The summed E-state index contributed by atoms with van der Waals surface area (Å²) in [6.07, 6.45) is 4.22. The minimum atomic E-state index is 0.172. The summed E-state index contributed by atoms with van der Waals surface area (Å²) in [5.74, 6) is 0.473. The van der Waals surface area contributed by atoms with Gasteiger partial charge in [0.1, 0.15) is 0 Å². The van der Waals surface area contributed by atoms with Crippen LogP contribution >= 0.6 is 0 Å². The molecule has 1 aromatic carbocycles. The van der Waals surface area contributed by atoms with Crippen LogP contribution in [0.3, 0.4) is 0 Å². The van der Waals surface area contributed by atoms with Gasteiger partial charge in [-0.15, -0.1) is 0 Å². The molecule has 100 valence electrons. The van der Waals surface area contributed by atoms with Crippen LogP contribution < -0.4 is 4.90 Å². The summed E-state index contributed by atoms with van der Waals surface area (Å²) >= 11 is 0. The van der Waals surface area contributed by atoms with Crippen molar-refractivity contribution < 1.29 is 4.79 Å². The van der Waals surface area contributed by atoms with Gasteiger partial charge in [-0.1, -0.05) is 38.8 Å². The number of carbonyl (C=O) groups excluding carboxylic acids is 1. The predicted molar refractivity (Wildman–Crippen MR) is 78.4 cm³/mol. The highest BCUT2D eigenvalue weighted by Gasteiger charge is 2.20. The van der Waals surface area contributed by atoms with E-state index in [-0.39, 0.29) is 5.92 Å². The Bertz CT molecular complexity index is 384. The maximum Gasteiger partial charge on any atom is 0.168 e. The zero-order valence-corrected chi connectivity index (χ0v) is 12.1. The Morgan fingerprint density at radius 1 is 1.22 bits per heavy atom. The zero-order chi connectivity index (χ0) is 13.5. The molecule has 0 aliphatic carbocycles. The van der Waals surface area contributed by atoms with Crippen LogP contribution in [-0.2, 0) is 0 Å². The zero-order valence-electron chi connectivity index (χ0n) is 12.1. The van der Waals surface area contributed by atoms with Gasteiger partial charge in [0.25, 0.3) is 0 Å². The van der Waals surface area contributed by atoms with Gasteiger partial charge in [-0.25, -0.2) is 0 Å². The maximum absolute atomic E-state index is 12.6. The fraction of sp³-hybridized carbons (Fsp3) is 0.562. The number of hydrogen-bond acceptors (Lipinski definition) is 2. The molecule has 1 unspecified atom stereocenters. The molecule has 1 aromatic rings. The van der Waals surface area contributed by atoms with E-state index in [4.69, 9.17) is 0 Å². The van der Waals surface area contributed by atoms with E-state index in [2.05, 4.69) is 13.8 Å². The number of unbranched alkanes of at least 4 members (excludes halogenated alkanes) is 1. The molecule has 0 N–H and O–H groups in total. The molecule has 0 aromatic heterocycles. The quantitative estimate of drug-likeness (QED) is 0.675. The number of para-hydroxylation sites is 1. The van der Waals surface area contributed by atoms with E-state index in [1.807, 2.05) is 43.3 Å². The van der Waals surface area contributed by atoms with Crippen LogP contribution in [0.1, 0.15) is 49.9 Å². The van der Waals surface area contributed by atoms with E-state index in [0.29, 0.717) is 5.78 Å². The first kappa shape index (κ1) is 14.7. The Morgan fingerprint density at radius 2 is 1.89 bits per heavy atom. The maximum atomic E-state index is 12.6. The highest BCUT2D eigenvalue weighted by atomic mass is 16.1. The van der Waals surface area contributed by atoms with Crippen molar-refractivity contribution >= 4 is 11.5 Å². The van der Waals surface area contributed by atoms with Crippen molar-refractivity contribution in [2.24, 2.45) is 5.92 Å². The number of hydrogen-bond donors (Lipinski definition) is 0. The minimum Gasteiger partial charge on any atom is -0.377 e. The number of carbonyl (C=O) groups is 1. The second-order valence-electron chi connectivity index (χ2n) is 5.02. The third-order valence-corrected chi connectivity index (χ3v) is 3.42. The van der Waals surface area contributed by atoms with Crippen LogP contribution in [0.25, 0.3) is 0 Å². The number of benzene rings is 1. The van der Waals surface area contributed by atoms with Gasteiger partial charge in [0, 0.05) is 31.3 Å². The van der Waals surface area contributed by atoms with Crippen molar-refractivity contribution in [2.75, 3.05) is 19.0 Å². The molecule has 0 radical (unpaired) electrons. The van der Waals surface area contributed by atoms with Gasteiger partial charge in [0.15, 0.2) is 5.78 Å². The summed E-state index contributed by atoms with van der Waals surface area (Å²) in [6.45, 7) is 4.28. The van der Waals surface area contributed by atoms with E-state index < -0.39 is 0 Å². The molecule has 1 atom stereocenters. The lowest BCUT2D eigenvalue weighted by Crippen LogP contribution is -2.19. The van der Waals surface area contributed by atoms with E-state index >= 15 is 0 Å². The van der Waals surface area contributed by atoms with E-state index in [1.54, 1.807) is 0 Å². The first-order chi connectivity index (χ1) is 8.61. The molecule has 0 aliphatic rings. The van der Waals surface area contributed by atoms with Gasteiger partial charge in [0.2, 0.25) is 0 Å². The Balaban J connectivity index is 2.94. The molecule has 0 aliphatic heterocycles. The highest BCUT2D eigenvalue weighted by Crippen LogP contribution is 2.25. The fourth-order valence-corrected chi connectivity index (χ4v) is 2.26. The topological polar surface area (TPSA) is 20.3 Å². The lowest BCUT2D eigenvalue weighted by molar-refractivity contribution is 0.0909. The largest absolute Gasteiger partial charge is 0.377 e. The van der Waals surface area contributed by atoms with Crippen molar-refractivity contribution in [1.82, 2.24) is 0 Å². The Morgan fingerprint density at radius 3 is 2.44 bits per heavy atom. The molecule has 0 spiro atoms. The predicted octanol–water partition coefficient (Wildman–Crippen LogP) is 4.15. The van der Waals surface area contributed by atoms with Crippen LogP contribution in [0, 0.1) is 5.92 Å². The van der Waals surface area contributed by atoms with Gasteiger partial charge in [-0.3, -0.25) is 4.79 Å². The van der Waals surface area contributed by atoms with Crippen molar-refractivity contribution in [3.8, 4) is 0 Å². The minimum absolute atomic E-state index is 0.172. The Hall–Kier alpha value is -1.31. The number of Topliss-reactive ketones (excluding diaryl/α,β-unsaturated/α-hetero) is 1. The number of ketones is 1. The van der Waals surface area contributed by atoms with Gasteiger partial charge < -0.3 is 4.90 Å². The van der Waals surface area contributed by atoms with Crippen LogP contribution in [0.15, 0.2) is 24.3 Å². The van der Waals surface area contributed by atoms with Gasteiger partial charge in [-0.05, 0) is 25.0 Å². The molecule has 1 rings (SSSR count). The van der Waals surface area contributed by atoms with Crippen molar-refractivity contribution in [3.63, 3.8) is 0 Å². The molecule has 0 saturated carbocycles. The third-order valence-electron chi connectivity index (χ3n) is 3.42. The summed E-state index contributed by atoms with van der Waals surface area (Å²) in [5, 5.41) is 0. The molecule has 0 amide bonds. The van der Waals surface area contributed by atoms with Crippen LogP contribution in [-0.4, -0.2) is 19.9 Å². The monoisotopic (exact) mass is 247 g/mol. The summed E-state index contributed by atoms with van der Waals surface area (Å²) in [4.78, 5) is 14.6. The molecule has 2 nitrogen and oxygen atoms in total. The first-order valence-electron chi connectivity index (χ1n) is 6.92. The average Bonchev–Trinajstić information content (AvgIpc) is 2.39. The highest BCUT2D eigenvalue weighted by molar-refractivity contribution is 6.02. The van der Waals surface area contributed by atoms with E-state index in [9.17, 15) is 4.79 Å². The Labute approximate surface area is 111 Å². The van der Waals surface area contributed by atoms with Crippen LogP contribution in [0.5, 0.6) is 0 Å². The van der Waals surface area contributed by atoms with Crippen LogP contribution in [0.4, 0.5) is 5.69 Å². The molecule has 18 heavy (non-hydrogen) atoms. The number of anilines is 1. The molecular formula is C16H25NO. The summed E-state index contributed by atoms with van der Waals surface area (Å²) in [6, 6.07) is 7.90. The Kier molecular flexibility index (Phi) is 5.90. The van der Waals surface area contributed by atoms with E-state index in [0.717, 1.165) is 36.9 Å². The van der Waals surface area contributed by atoms with Crippen molar-refractivity contribution in [3.05, 3.63) is 29.8 Å². The normalized spacial score (nSPS) is 12.2. The molecule has 0 fully saturated rings. The lowest BCUT2D eigenvalue weighted by atomic mass is 9.90. The smallest absolute Gasteiger partial charge is 0.168 e. The third kappa shape index (κ3) is 3.59. The second-order valence-corrected chi connectivity index (χ2v) is 5.02. The molecule has 0 saturated heterocycles.